The largest absolute Gasteiger partial charge is 0.487 e. The van der Waals surface area contributed by atoms with Gasteiger partial charge in [0.15, 0.2) is 10.9 Å². The van der Waals surface area contributed by atoms with Gasteiger partial charge in [0.05, 0.1) is 23.4 Å². The number of carbonyl (C=O) groups is 1. The molecule has 1 aromatic heterocycles. The monoisotopic (exact) mass is 377 g/mol. The van der Waals surface area contributed by atoms with E-state index >= 15 is 0 Å². The molecule has 0 atom stereocenters. The predicted octanol–water partition coefficient (Wildman–Crippen LogP) is 2.75. The number of nitro benzene ring substituents is 1. The van der Waals surface area contributed by atoms with E-state index in [1.54, 1.807) is 6.07 Å². The van der Waals surface area contributed by atoms with Crippen molar-refractivity contribution in [1.82, 2.24) is 10.4 Å². The lowest BCUT2D eigenvalue weighted by atomic mass is 10.2. The van der Waals surface area contributed by atoms with Crippen molar-refractivity contribution in [2.75, 3.05) is 12.3 Å². The summed E-state index contributed by atoms with van der Waals surface area (Å²) in [6, 6.07) is 4.47. The molecular formula is C16H19N5O4S. The summed E-state index contributed by atoms with van der Waals surface area (Å²) in [6.45, 7) is 4.17. The fraction of sp³-hybridized carbons (Fsp3) is 0.312. The lowest BCUT2D eigenvalue weighted by Crippen LogP contribution is -2.17. The Morgan fingerprint density at radius 1 is 1.50 bits per heavy atom. The number of ether oxygens (including phenoxy) is 1. The van der Waals surface area contributed by atoms with E-state index in [0.717, 1.165) is 17.8 Å². The third-order valence-electron chi connectivity index (χ3n) is 3.28. The molecular weight excluding hydrogens is 358 g/mol. The van der Waals surface area contributed by atoms with Crippen LogP contribution in [0, 0.1) is 10.1 Å². The number of rotatable bonds is 8. The van der Waals surface area contributed by atoms with Crippen molar-refractivity contribution in [3.63, 3.8) is 0 Å². The molecule has 0 spiro atoms. The van der Waals surface area contributed by atoms with Gasteiger partial charge in [-0.1, -0.05) is 25.2 Å². The number of nitrogens with two attached hydrogens (primary N) is 1. The molecule has 26 heavy (non-hydrogen) atoms. The Morgan fingerprint density at radius 2 is 2.27 bits per heavy atom. The van der Waals surface area contributed by atoms with E-state index < -0.39 is 10.8 Å². The zero-order valence-electron chi connectivity index (χ0n) is 14.4. The molecule has 2 rings (SSSR count). The number of hydrogen-bond donors (Lipinski definition) is 2. The van der Waals surface area contributed by atoms with Crippen molar-refractivity contribution in [3.05, 3.63) is 44.4 Å². The smallest absolute Gasteiger partial charge is 0.311 e. The van der Waals surface area contributed by atoms with E-state index in [1.807, 2.05) is 13.8 Å². The van der Waals surface area contributed by atoms with Crippen LogP contribution in [0.2, 0.25) is 0 Å². The predicted molar refractivity (Wildman–Crippen MR) is 99.8 cm³/mol. The number of carbonyl (C=O) groups excluding carboxylic acids is 1. The van der Waals surface area contributed by atoms with Crippen LogP contribution in [0.4, 0.5) is 10.8 Å². The highest BCUT2D eigenvalue weighted by atomic mass is 32.1. The number of nitrogen functional groups attached to an aromatic ring is 1. The molecule has 0 saturated heterocycles. The van der Waals surface area contributed by atoms with Gasteiger partial charge in [-0.3, -0.25) is 14.9 Å². The number of hydrazone groups is 1. The zero-order valence-corrected chi connectivity index (χ0v) is 15.2. The number of benzene rings is 1. The number of nitrogens with zero attached hydrogens (tertiary/aromatic N) is 3. The summed E-state index contributed by atoms with van der Waals surface area (Å²) in [4.78, 5) is 27.3. The van der Waals surface area contributed by atoms with Gasteiger partial charge in [0.25, 0.3) is 5.91 Å². The van der Waals surface area contributed by atoms with Crippen molar-refractivity contribution in [2.24, 2.45) is 5.10 Å². The first-order chi connectivity index (χ1) is 12.5. The number of amides is 1. The van der Waals surface area contributed by atoms with E-state index in [2.05, 4.69) is 15.5 Å². The Bertz CT molecular complexity index is 834. The molecule has 0 aliphatic heterocycles. The highest BCUT2D eigenvalue weighted by Gasteiger charge is 2.16. The second kappa shape index (κ2) is 8.90. The van der Waals surface area contributed by atoms with Gasteiger partial charge in [0.1, 0.15) is 4.88 Å². The Hall–Kier alpha value is -3.01. The van der Waals surface area contributed by atoms with Gasteiger partial charge in [-0.25, -0.2) is 10.4 Å². The average Bonchev–Trinajstić information content (AvgIpc) is 3.01. The first-order valence-electron chi connectivity index (χ1n) is 7.96. The summed E-state index contributed by atoms with van der Waals surface area (Å²) in [5.74, 6) is -0.226. The zero-order chi connectivity index (χ0) is 19.1. The van der Waals surface area contributed by atoms with E-state index in [1.165, 1.54) is 18.3 Å². The molecule has 0 radical (unpaired) electrons. The number of aryl methyl sites for hydroxylation is 1. The minimum absolute atomic E-state index is 0.155. The number of thiazole rings is 1. The topological polar surface area (TPSA) is 133 Å². The molecule has 0 fully saturated rings. The summed E-state index contributed by atoms with van der Waals surface area (Å²) < 4.78 is 5.36. The maximum atomic E-state index is 12.1. The van der Waals surface area contributed by atoms with Crippen LogP contribution in [0.15, 0.2) is 23.3 Å². The first kappa shape index (κ1) is 19.3. The number of nitrogens with one attached hydrogen (secondary N) is 1. The second-order valence-corrected chi connectivity index (χ2v) is 6.24. The van der Waals surface area contributed by atoms with Gasteiger partial charge >= 0.3 is 5.69 Å². The van der Waals surface area contributed by atoms with Gasteiger partial charge in [-0.2, -0.15) is 5.10 Å². The molecule has 1 heterocycles. The van der Waals surface area contributed by atoms with Crippen LogP contribution in [-0.2, 0) is 6.42 Å². The van der Waals surface area contributed by atoms with E-state index in [0.29, 0.717) is 34.3 Å². The molecule has 1 amide bonds. The number of nitro groups is 1. The van der Waals surface area contributed by atoms with Crippen LogP contribution in [0.3, 0.4) is 0 Å². The lowest BCUT2D eigenvalue weighted by Gasteiger charge is -2.05. The first-order valence-corrected chi connectivity index (χ1v) is 8.77. The SMILES string of the molecule is CCCOc1ccc(/C=N\NC(=O)c2sc(N)nc2CC)cc1[N+](=O)[O-]. The lowest BCUT2D eigenvalue weighted by molar-refractivity contribution is -0.385. The molecule has 3 N–H and O–H groups in total. The molecule has 0 aliphatic rings. The quantitative estimate of drug-likeness (QED) is 0.413. The third kappa shape index (κ3) is 4.76. The fourth-order valence-electron chi connectivity index (χ4n) is 2.09. The van der Waals surface area contributed by atoms with Gasteiger partial charge in [-0.05, 0) is 25.0 Å². The highest BCUT2D eigenvalue weighted by Crippen LogP contribution is 2.27. The Labute approximate surface area is 154 Å². The normalized spacial score (nSPS) is 10.8. The standard InChI is InChI=1S/C16H19N5O4S/c1-3-7-25-13-6-5-10(8-12(13)21(23)24)9-18-20-15(22)14-11(4-2)19-16(17)26-14/h5-6,8-9H,3-4,7H2,1-2H3,(H2,17,19)(H,20,22)/b18-9-. The van der Waals surface area contributed by atoms with Crippen LogP contribution in [-0.4, -0.2) is 28.6 Å². The molecule has 2 aromatic rings. The maximum absolute atomic E-state index is 12.1. The van der Waals surface area contributed by atoms with Crippen LogP contribution >= 0.6 is 11.3 Å². The van der Waals surface area contributed by atoms with Crippen LogP contribution in [0.5, 0.6) is 5.75 Å². The Balaban J connectivity index is 2.11. The van der Waals surface area contributed by atoms with Crippen LogP contribution in [0.25, 0.3) is 0 Å². The minimum atomic E-state index is -0.519. The molecule has 138 valence electrons. The van der Waals surface area contributed by atoms with Crippen LogP contribution in [0.1, 0.15) is 41.2 Å². The molecule has 1 aromatic carbocycles. The average molecular weight is 377 g/mol. The third-order valence-corrected chi connectivity index (χ3v) is 4.20. The van der Waals surface area contributed by atoms with Crippen molar-refractivity contribution < 1.29 is 14.5 Å². The summed E-state index contributed by atoms with van der Waals surface area (Å²) >= 11 is 1.08. The van der Waals surface area contributed by atoms with Gasteiger partial charge in [-0.15, -0.1) is 0 Å². The van der Waals surface area contributed by atoms with Crippen molar-refractivity contribution in [1.29, 1.82) is 0 Å². The van der Waals surface area contributed by atoms with Crippen LogP contribution < -0.4 is 15.9 Å². The summed E-state index contributed by atoms with van der Waals surface area (Å²) in [5.41, 5.74) is 8.91. The van der Waals surface area contributed by atoms with E-state index in [4.69, 9.17) is 10.5 Å². The van der Waals surface area contributed by atoms with Gasteiger partial charge < -0.3 is 10.5 Å². The van der Waals surface area contributed by atoms with Gasteiger partial charge in [0.2, 0.25) is 0 Å². The van der Waals surface area contributed by atoms with Crippen molar-refractivity contribution in [2.45, 2.75) is 26.7 Å². The summed E-state index contributed by atoms with van der Waals surface area (Å²) in [5, 5.41) is 15.3. The Kier molecular flexibility index (Phi) is 6.61. The van der Waals surface area contributed by atoms with Crippen molar-refractivity contribution >= 4 is 34.3 Å². The van der Waals surface area contributed by atoms with Crippen molar-refractivity contribution in [3.8, 4) is 5.75 Å². The Morgan fingerprint density at radius 3 is 2.92 bits per heavy atom. The summed E-state index contributed by atoms with van der Waals surface area (Å²) in [7, 11) is 0. The molecule has 0 saturated carbocycles. The molecule has 0 bridgehead atoms. The maximum Gasteiger partial charge on any atom is 0.311 e. The van der Waals surface area contributed by atoms with E-state index in [9.17, 15) is 14.9 Å². The minimum Gasteiger partial charge on any atom is -0.487 e. The molecule has 0 unspecified atom stereocenters. The van der Waals surface area contributed by atoms with Gasteiger partial charge in [0, 0.05) is 11.6 Å². The number of anilines is 1. The second-order valence-electron chi connectivity index (χ2n) is 5.21. The number of hydrogen-bond acceptors (Lipinski definition) is 8. The highest BCUT2D eigenvalue weighted by molar-refractivity contribution is 7.17. The summed E-state index contributed by atoms with van der Waals surface area (Å²) in [6.07, 6.45) is 2.64. The number of aromatic nitrogens is 1. The molecule has 9 nitrogen and oxygen atoms in total. The molecule has 0 aliphatic carbocycles. The molecule has 10 heteroatoms. The van der Waals surface area contributed by atoms with E-state index in [-0.39, 0.29) is 11.4 Å². The fourth-order valence-corrected chi connectivity index (χ4v) is 2.91.